The molecule has 0 atom stereocenters. The largest absolute Gasteiger partial charge is 0.369 e. The highest BCUT2D eigenvalue weighted by molar-refractivity contribution is 5.95. The van der Waals surface area contributed by atoms with Gasteiger partial charge in [0, 0.05) is 18.0 Å². The lowest BCUT2D eigenvalue weighted by Gasteiger charge is -2.27. The number of Topliss-reactive ketones (excluding diaryl/α,β-unsaturated/α-hetero) is 1. The van der Waals surface area contributed by atoms with Crippen LogP contribution in [-0.4, -0.2) is 35.7 Å². The third kappa shape index (κ3) is 4.97. The van der Waals surface area contributed by atoms with Crippen molar-refractivity contribution in [2.75, 3.05) is 13.1 Å². The normalized spacial score (nSPS) is 15.5. The first-order chi connectivity index (χ1) is 10.2. The van der Waals surface area contributed by atoms with E-state index in [2.05, 4.69) is 4.90 Å². The molecule has 1 aliphatic carbocycles. The lowest BCUT2D eigenvalue weighted by atomic mass is 10.1. The standard InChI is InChI=1S/C17H24N2O2/c18-17(21)13-19(15-9-4-5-10-15)12-6-11-16(20)14-7-2-1-3-8-14/h1-3,7-8,15H,4-6,9-13H2,(H2,18,21). The Kier molecular flexibility index (Phi) is 5.93. The summed E-state index contributed by atoms with van der Waals surface area (Å²) >= 11 is 0. The number of rotatable bonds is 8. The van der Waals surface area contributed by atoms with E-state index in [-0.39, 0.29) is 11.7 Å². The summed E-state index contributed by atoms with van der Waals surface area (Å²) in [7, 11) is 0. The molecule has 0 aliphatic heterocycles. The summed E-state index contributed by atoms with van der Waals surface area (Å²) in [6.07, 6.45) is 6.02. The molecule has 21 heavy (non-hydrogen) atoms. The molecule has 1 fully saturated rings. The molecule has 1 aromatic carbocycles. The maximum Gasteiger partial charge on any atom is 0.231 e. The predicted molar refractivity (Wildman–Crippen MR) is 83.0 cm³/mol. The third-order valence-electron chi connectivity index (χ3n) is 4.14. The second kappa shape index (κ2) is 7.93. The van der Waals surface area contributed by atoms with Crippen LogP contribution in [0.2, 0.25) is 0 Å². The van der Waals surface area contributed by atoms with Crippen LogP contribution in [0.1, 0.15) is 48.9 Å². The molecule has 0 saturated heterocycles. The molecular weight excluding hydrogens is 264 g/mol. The van der Waals surface area contributed by atoms with Crippen molar-refractivity contribution in [3.05, 3.63) is 35.9 Å². The molecule has 2 rings (SSSR count). The molecule has 114 valence electrons. The van der Waals surface area contributed by atoms with Crippen LogP contribution < -0.4 is 5.73 Å². The van der Waals surface area contributed by atoms with Gasteiger partial charge in [0.1, 0.15) is 0 Å². The molecule has 0 heterocycles. The minimum Gasteiger partial charge on any atom is -0.369 e. The second-order valence-electron chi connectivity index (χ2n) is 5.77. The third-order valence-corrected chi connectivity index (χ3v) is 4.14. The molecule has 1 aromatic rings. The molecule has 1 amide bonds. The van der Waals surface area contributed by atoms with Gasteiger partial charge in [0.2, 0.25) is 5.91 Å². The summed E-state index contributed by atoms with van der Waals surface area (Å²) in [5, 5.41) is 0. The zero-order chi connectivity index (χ0) is 15.1. The number of nitrogens with zero attached hydrogens (tertiary/aromatic N) is 1. The number of ketones is 1. The first kappa shape index (κ1) is 15.7. The Bertz CT molecular complexity index is 467. The average molecular weight is 288 g/mol. The van der Waals surface area contributed by atoms with Crippen molar-refractivity contribution in [1.29, 1.82) is 0 Å². The first-order valence-electron chi connectivity index (χ1n) is 7.77. The van der Waals surface area contributed by atoms with E-state index in [1.54, 1.807) is 0 Å². The van der Waals surface area contributed by atoms with Crippen LogP contribution in [0.3, 0.4) is 0 Å². The first-order valence-corrected chi connectivity index (χ1v) is 7.77. The van der Waals surface area contributed by atoms with Crippen LogP contribution in [0.15, 0.2) is 30.3 Å². The number of hydrogen-bond acceptors (Lipinski definition) is 3. The molecule has 4 nitrogen and oxygen atoms in total. The number of hydrogen-bond donors (Lipinski definition) is 1. The van der Waals surface area contributed by atoms with Crippen LogP contribution in [0.5, 0.6) is 0 Å². The Balaban J connectivity index is 1.81. The minimum atomic E-state index is -0.281. The van der Waals surface area contributed by atoms with E-state index in [4.69, 9.17) is 5.73 Å². The van der Waals surface area contributed by atoms with Crippen LogP contribution in [-0.2, 0) is 4.79 Å². The van der Waals surface area contributed by atoms with Crippen molar-refractivity contribution < 1.29 is 9.59 Å². The van der Waals surface area contributed by atoms with Gasteiger partial charge in [0.15, 0.2) is 5.78 Å². The summed E-state index contributed by atoms with van der Waals surface area (Å²) in [5.41, 5.74) is 6.10. The smallest absolute Gasteiger partial charge is 0.231 e. The van der Waals surface area contributed by atoms with Crippen LogP contribution >= 0.6 is 0 Å². The number of carbonyl (C=O) groups is 2. The zero-order valence-corrected chi connectivity index (χ0v) is 12.5. The molecule has 0 aromatic heterocycles. The van der Waals surface area contributed by atoms with Crippen LogP contribution in [0.25, 0.3) is 0 Å². The molecule has 0 radical (unpaired) electrons. The molecule has 2 N–H and O–H groups in total. The van der Waals surface area contributed by atoms with Crippen molar-refractivity contribution in [2.24, 2.45) is 5.73 Å². The van der Waals surface area contributed by atoms with E-state index >= 15 is 0 Å². The summed E-state index contributed by atoms with van der Waals surface area (Å²) in [6, 6.07) is 9.83. The van der Waals surface area contributed by atoms with Gasteiger partial charge < -0.3 is 5.73 Å². The molecule has 0 spiro atoms. The van der Waals surface area contributed by atoms with Gasteiger partial charge in [-0.1, -0.05) is 43.2 Å². The highest BCUT2D eigenvalue weighted by Crippen LogP contribution is 2.23. The Morgan fingerprint density at radius 3 is 2.43 bits per heavy atom. The summed E-state index contributed by atoms with van der Waals surface area (Å²) in [6.45, 7) is 1.08. The topological polar surface area (TPSA) is 63.4 Å². The Hall–Kier alpha value is -1.68. The van der Waals surface area contributed by atoms with E-state index in [1.165, 1.54) is 12.8 Å². The van der Waals surface area contributed by atoms with E-state index in [1.807, 2.05) is 30.3 Å². The van der Waals surface area contributed by atoms with Gasteiger partial charge in [0.05, 0.1) is 6.54 Å². The van der Waals surface area contributed by atoms with Crippen LogP contribution in [0.4, 0.5) is 0 Å². The highest BCUT2D eigenvalue weighted by atomic mass is 16.1. The molecule has 0 bridgehead atoms. The van der Waals surface area contributed by atoms with E-state index in [0.29, 0.717) is 19.0 Å². The number of amides is 1. The van der Waals surface area contributed by atoms with E-state index in [0.717, 1.165) is 31.4 Å². The van der Waals surface area contributed by atoms with E-state index < -0.39 is 0 Å². The number of primary amides is 1. The summed E-state index contributed by atoms with van der Waals surface area (Å²) < 4.78 is 0. The second-order valence-corrected chi connectivity index (χ2v) is 5.77. The molecule has 1 saturated carbocycles. The minimum absolute atomic E-state index is 0.168. The maximum atomic E-state index is 12.1. The average Bonchev–Trinajstić information content (AvgIpc) is 3.00. The van der Waals surface area contributed by atoms with Crippen molar-refractivity contribution in [3.63, 3.8) is 0 Å². The van der Waals surface area contributed by atoms with Gasteiger partial charge in [-0.05, 0) is 25.8 Å². The fraction of sp³-hybridized carbons (Fsp3) is 0.529. The van der Waals surface area contributed by atoms with Gasteiger partial charge in [-0.15, -0.1) is 0 Å². The maximum absolute atomic E-state index is 12.1. The van der Waals surface area contributed by atoms with Gasteiger partial charge in [-0.2, -0.15) is 0 Å². The van der Waals surface area contributed by atoms with Gasteiger partial charge in [-0.3, -0.25) is 14.5 Å². The Morgan fingerprint density at radius 2 is 1.81 bits per heavy atom. The SMILES string of the molecule is NC(=O)CN(CCCC(=O)c1ccccc1)C1CCCC1. The van der Waals surface area contributed by atoms with Gasteiger partial charge in [0.25, 0.3) is 0 Å². The number of nitrogens with two attached hydrogens (primary N) is 1. The fourth-order valence-electron chi connectivity index (χ4n) is 3.07. The quantitative estimate of drug-likeness (QED) is 0.747. The monoisotopic (exact) mass is 288 g/mol. The highest BCUT2D eigenvalue weighted by Gasteiger charge is 2.23. The molecular formula is C17H24N2O2. The molecule has 1 aliphatic rings. The van der Waals surface area contributed by atoms with E-state index in [9.17, 15) is 9.59 Å². The summed E-state index contributed by atoms with van der Waals surface area (Å²) in [5.74, 6) is -0.114. The Labute approximate surface area is 126 Å². The fourth-order valence-corrected chi connectivity index (χ4v) is 3.07. The lowest BCUT2D eigenvalue weighted by molar-refractivity contribution is -0.119. The molecule has 4 heteroatoms. The van der Waals surface area contributed by atoms with Crippen molar-refractivity contribution in [2.45, 2.75) is 44.6 Å². The van der Waals surface area contributed by atoms with Crippen molar-refractivity contribution in [1.82, 2.24) is 4.90 Å². The van der Waals surface area contributed by atoms with Gasteiger partial charge in [-0.25, -0.2) is 0 Å². The zero-order valence-electron chi connectivity index (χ0n) is 12.5. The summed E-state index contributed by atoms with van der Waals surface area (Å²) in [4.78, 5) is 25.4. The number of carbonyl (C=O) groups excluding carboxylic acids is 2. The molecule has 0 unspecified atom stereocenters. The predicted octanol–water partition coefficient (Wildman–Crippen LogP) is 2.38. The van der Waals surface area contributed by atoms with Crippen LogP contribution in [0, 0.1) is 0 Å². The Morgan fingerprint density at radius 1 is 1.14 bits per heavy atom. The van der Waals surface area contributed by atoms with Crippen molar-refractivity contribution >= 4 is 11.7 Å². The number of benzene rings is 1. The van der Waals surface area contributed by atoms with Crippen molar-refractivity contribution in [3.8, 4) is 0 Å². The lowest BCUT2D eigenvalue weighted by Crippen LogP contribution is -2.40. The van der Waals surface area contributed by atoms with Gasteiger partial charge >= 0.3 is 0 Å².